The van der Waals surface area contributed by atoms with Crippen LogP contribution in [0.4, 0.5) is 0 Å². The maximum atomic E-state index is 8.04. The molecule has 1 heteroatoms. The minimum absolute atomic E-state index is 0.730. The summed E-state index contributed by atoms with van der Waals surface area (Å²) in [5, 5.41) is 8.04. The lowest BCUT2D eigenvalue weighted by molar-refractivity contribution is 0.734. The van der Waals surface area contributed by atoms with E-state index in [0.717, 1.165) is 12.8 Å². The predicted molar refractivity (Wildman–Crippen MR) is 81.6 cm³/mol. The zero-order valence-corrected chi connectivity index (χ0v) is 11.5. The number of hydrogen-bond acceptors (Lipinski definition) is 1. The lowest BCUT2D eigenvalue weighted by Crippen LogP contribution is -1.73. The standard InChI is InChI=1S/C12H10.C6H11N/c1-3-7-11(8-4-1)12-9-5-2-6-10-12;1-2-3-4-5-6-7/h1-10H;2-5H2,1H3. The minimum atomic E-state index is 0.730. The van der Waals surface area contributed by atoms with E-state index in [-0.39, 0.29) is 0 Å². The maximum absolute atomic E-state index is 8.04. The zero-order chi connectivity index (χ0) is 13.8. The monoisotopic (exact) mass is 251 g/mol. The van der Waals surface area contributed by atoms with E-state index in [4.69, 9.17) is 5.26 Å². The maximum Gasteiger partial charge on any atom is 0.0621 e. The average Bonchev–Trinajstić information content (AvgIpc) is 2.50. The summed E-state index contributed by atoms with van der Waals surface area (Å²) in [6, 6.07) is 22.9. The molecule has 1 nitrogen and oxygen atoms in total. The quantitative estimate of drug-likeness (QED) is 0.663. The summed E-state index contributed by atoms with van der Waals surface area (Å²) >= 11 is 0. The topological polar surface area (TPSA) is 23.8 Å². The smallest absolute Gasteiger partial charge is 0.0621 e. The van der Waals surface area contributed by atoms with E-state index in [1.165, 1.54) is 24.0 Å². The molecule has 98 valence electrons. The van der Waals surface area contributed by atoms with Gasteiger partial charge in [0, 0.05) is 6.42 Å². The first kappa shape index (κ1) is 15.0. The Balaban J connectivity index is 0.000000224. The van der Waals surface area contributed by atoms with E-state index in [1.807, 2.05) is 12.1 Å². The van der Waals surface area contributed by atoms with Gasteiger partial charge in [0.2, 0.25) is 0 Å². The van der Waals surface area contributed by atoms with Crippen molar-refractivity contribution < 1.29 is 0 Å². The molecule has 0 heterocycles. The fraction of sp³-hybridized carbons (Fsp3) is 0.278. The van der Waals surface area contributed by atoms with Gasteiger partial charge >= 0.3 is 0 Å². The summed E-state index contributed by atoms with van der Waals surface area (Å²) in [5.41, 5.74) is 2.55. The zero-order valence-electron chi connectivity index (χ0n) is 11.5. The number of unbranched alkanes of at least 4 members (excludes halogenated alkanes) is 3. The van der Waals surface area contributed by atoms with Crippen molar-refractivity contribution in [2.24, 2.45) is 0 Å². The third kappa shape index (κ3) is 6.43. The summed E-state index contributed by atoms with van der Waals surface area (Å²) in [4.78, 5) is 0. The van der Waals surface area contributed by atoms with Crippen LogP contribution >= 0.6 is 0 Å². The van der Waals surface area contributed by atoms with E-state index >= 15 is 0 Å². The van der Waals surface area contributed by atoms with Gasteiger partial charge in [0.05, 0.1) is 6.07 Å². The predicted octanol–water partition coefficient (Wildman–Crippen LogP) is 5.44. The van der Waals surface area contributed by atoms with E-state index in [9.17, 15) is 0 Å². The number of hydrogen-bond donors (Lipinski definition) is 0. The van der Waals surface area contributed by atoms with Crippen molar-refractivity contribution in [3.05, 3.63) is 60.7 Å². The third-order valence-electron chi connectivity index (χ3n) is 2.77. The van der Waals surface area contributed by atoms with Gasteiger partial charge in [-0.15, -0.1) is 0 Å². The summed E-state index contributed by atoms with van der Waals surface area (Å²) in [5.74, 6) is 0. The van der Waals surface area contributed by atoms with Gasteiger partial charge in [0.25, 0.3) is 0 Å². The Morgan fingerprint density at radius 3 is 1.63 bits per heavy atom. The Morgan fingerprint density at radius 2 is 1.26 bits per heavy atom. The highest BCUT2D eigenvalue weighted by Crippen LogP contribution is 2.17. The van der Waals surface area contributed by atoms with Crippen molar-refractivity contribution in [3.63, 3.8) is 0 Å². The van der Waals surface area contributed by atoms with Gasteiger partial charge in [-0.2, -0.15) is 5.26 Å². The molecule has 0 radical (unpaired) electrons. The van der Waals surface area contributed by atoms with Crippen molar-refractivity contribution in [2.45, 2.75) is 32.6 Å². The Hall–Kier alpha value is -2.07. The molecule has 0 N–H and O–H groups in total. The van der Waals surface area contributed by atoms with Crippen LogP contribution in [-0.4, -0.2) is 0 Å². The second kappa shape index (κ2) is 9.91. The van der Waals surface area contributed by atoms with Gasteiger partial charge in [0.15, 0.2) is 0 Å². The van der Waals surface area contributed by atoms with Crippen LogP contribution in [0.5, 0.6) is 0 Å². The van der Waals surface area contributed by atoms with Crippen LogP contribution in [0.3, 0.4) is 0 Å². The van der Waals surface area contributed by atoms with Gasteiger partial charge in [-0.1, -0.05) is 80.4 Å². The van der Waals surface area contributed by atoms with E-state index in [2.05, 4.69) is 61.5 Å². The number of nitriles is 1. The molecular formula is C18H21N. The van der Waals surface area contributed by atoms with Crippen LogP contribution in [-0.2, 0) is 0 Å². The molecule has 0 fully saturated rings. The second-order valence-corrected chi connectivity index (χ2v) is 4.35. The molecule has 0 unspecified atom stereocenters. The Kier molecular flexibility index (Phi) is 7.82. The normalized spacial score (nSPS) is 9.05. The number of nitrogens with zero attached hydrogens (tertiary/aromatic N) is 1. The molecule has 0 bridgehead atoms. The number of rotatable bonds is 4. The van der Waals surface area contributed by atoms with Crippen molar-refractivity contribution in [2.75, 3.05) is 0 Å². The van der Waals surface area contributed by atoms with Crippen LogP contribution in [0.1, 0.15) is 32.6 Å². The van der Waals surface area contributed by atoms with E-state index in [1.54, 1.807) is 0 Å². The molecule has 0 aliphatic rings. The summed E-state index contributed by atoms with van der Waals surface area (Å²) in [6.07, 6.45) is 4.22. The van der Waals surface area contributed by atoms with Crippen LogP contribution in [0.15, 0.2) is 60.7 Å². The summed E-state index contributed by atoms with van der Waals surface area (Å²) in [7, 11) is 0. The number of benzene rings is 2. The highest BCUT2D eigenvalue weighted by atomic mass is 14.2. The van der Waals surface area contributed by atoms with Crippen molar-refractivity contribution in [3.8, 4) is 17.2 Å². The first-order valence-electron chi connectivity index (χ1n) is 6.86. The molecule has 0 spiro atoms. The highest BCUT2D eigenvalue weighted by molar-refractivity contribution is 5.62. The fourth-order valence-corrected chi connectivity index (χ4v) is 1.72. The first-order chi connectivity index (χ1) is 9.38. The van der Waals surface area contributed by atoms with Gasteiger partial charge in [-0.3, -0.25) is 0 Å². The van der Waals surface area contributed by atoms with E-state index < -0.39 is 0 Å². The Labute approximate surface area is 116 Å². The fourth-order valence-electron chi connectivity index (χ4n) is 1.72. The van der Waals surface area contributed by atoms with Crippen molar-refractivity contribution >= 4 is 0 Å². The molecular weight excluding hydrogens is 230 g/mol. The Bertz CT molecular complexity index is 431. The molecule has 0 aromatic heterocycles. The van der Waals surface area contributed by atoms with Crippen LogP contribution in [0.25, 0.3) is 11.1 Å². The SMILES string of the molecule is CCCCCC#N.c1ccc(-c2ccccc2)cc1. The largest absolute Gasteiger partial charge is 0.198 e. The Morgan fingerprint density at radius 1 is 0.789 bits per heavy atom. The molecule has 2 rings (SSSR count). The summed E-state index contributed by atoms with van der Waals surface area (Å²) in [6.45, 7) is 2.14. The van der Waals surface area contributed by atoms with Crippen LogP contribution in [0.2, 0.25) is 0 Å². The van der Waals surface area contributed by atoms with Gasteiger partial charge < -0.3 is 0 Å². The molecule has 19 heavy (non-hydrogen) atoms. The van der Waals surface area contributed by atoms with Crippen molar-refractivity contribution in [1.82, 2.24) is 0 Å². The van der Waals surface area contributed by atoms with Gasteiger partial charge in [0.1, 0.15) is 0 Å². The first-order valence-corrected chi connectivity index (χ1v) is 6.86. The molecule has 0 saturated heterocycles. The highest BCUT2D eigenvalue weighted by Gasteiger charge is 1.91. The third-order valence-corrected chi connectivity index (χ3v) is 2.77. The molecule has 0 atom stereocenters. The molecule has 0 amide bonds. The molecule has 2 aromatic rings. The van der Waals surface area contributed by atoms with Gasteiger partial charge in [-0.25, -0.2) is 0 Å². The van der Waals surface area contributed by atoms with Crippen molar-refractivity contribution in [1.29, 1.82) is 5.26 Å². The lowest BCUT2D eigenvalue weighted by Gasteiger charge is -1.98. The van der Waals surface area contributed by atoms with Crippen LogP contribution in [0, 0.1) is 11.3 Å². The lowest BCUT2D eigenvalue weighted by atomic mass is 10.1. The molecule has 0 aliphatic carbocycles. The molecule has 2 aromatic carbocycles. The van der Waals surface area contributed by atoms with Gasteiger partial charge in [-0.05, 0) is 17.5 Å². The van der Waals surface area contributed by atoms with Crippen LogP contribution < -0.4 is 0 Å². The molecule has 0 aliphatic heterocycles. The summed E-state index contributed by atoms with van der Waals surface area (Å²) < 4.78 is 0. The minimum Gasteiger partial charge on any atom is -0.198 e. The molecule has 0 saturated carbocycles. The second-order valence-electron chi connectivity index (χ2n) is 4.35. The van der Waals surface area contributed by atoms with E-state index in [0.29, 0.717) is 0 Å². The average molecular weight is 251 g/mol.